The molecule has 0 bridgehead atoms. The number of ether oxygens (including phenoxy) is 2. The summed E-state index contributed by atoms with van der Waals surface area (Å²) in [6, 6.07) is 7.04. The molecule has 0 radical (unpaired) electrons. The van der Waals surface area contributed by atoms with Crippen molar-refractivity contribution in [2.24, 2.45) is 0 Å². The first-order chi connectivity index (χ1) is 13.4. The average Bonchev–Trinajstić information content (AvgIpc) is 3.23. The molecule has 0 unspecified atom stereocenters. The van der Waals surface area contributed by atoms with Crippen LogP contribution < -0.4 is 4.74 Å². The second kappa shape index (κ2) is 8.08. The normalized spacial score (nSPS) is 10.7. The molecule has 0 aliphatic rings. The Morgan fingerprint density at radius 1 is 1.14 bits per heavy atom. The maximum atomic E-state index is 12.6. The van der Waals surface area contributed by atoms with Gasteiger partial charge in [0.1, 0.15) is 11.4 Å². The molecule has 0 aliphatic carbocycles. The topological polar surface area (TPSA) is 107 Å². The minimum atomic E-state index is -0.477. The standard InChI is InChI=1S/C20H21N3O5/c1-5-26-20(25)18-11(2)17(12(3)21-18)16(24)10-27-15-8-6-14(7-9-15)19-22-13(4)28-23-19/h6-9,21H,5,10H2,1-4H3. The van der Waals surface area contributed by atoms with E-state index in [1.807, 2.05) is 0 Å². The highest BCUT2D eigenvalue weighted by atomic mass is 16.5. The van der Waals surface area contributed by atoms with E-state index in [1.165, 1.54) is 0 Å². The zero-order valence-corrected chi connectivity index (χ0v) is 16.2. The van der Waals surface area contributed by atoms with E-state index in [2.05, 4.69) is 15.1 Å². The van der Waals surface area contributed by atoms with Gasteiger partial charge in [0.15, 0.2) is 6.61 Å². The zero-order valence-electron chi connectivity index (χ0n) is 16.2. The average molecular weight is 383 g/mol. The number of esters is 1. The van der Waals surface area contributed by atoms with Crippen LogP contribution in [0.15, 0.2) is 28.8 Å². The highest BCUT2D eigenvalue weighted by molar-refractivity contribution is 6.03. The summed E-state index contributed by atoms with van der Waals surface area (Å²) in [5.41, 5.74) is 2.70. The van der Waals surface area contributed by atoms with E-state index in [0.29, 0.717) is 40.0 Å². The van der Waals surface area contributed by atoms with Gasteiger partial charge in [0.2, 0.25) is 17.5 Å². The van der Waals surface area contributed by atoms with E-state index >= 15 is 0 Å². The van der Waals surface area contributed by atoms with E-state index < -0.39 is 5.97 Å². The van der Waals surface area contributed by atoms with Gasteiger partial charge >= 0.3 is 5.97 Å². The number of carbonyl (C=O) groups is 2. The summed E-state index contributed by atoms with van der Waals surface area (Å²) < 4.78 is 15.6. The Labute approximate surface area is 161 Å². The lowest BCUT2D eigenvalue weighted by Crippen LogP contribution is -2.13. The van der Waals surface area contributed by atoms with Crippen molar-refractivity contribution in [2.45, 2.75) is 27.7 Å². The van der Waals surface area contributed by atoms with Crippen molar-refractivity contribution in [3.63, 3.8) is 0 Å². The van der Waals surface area contributed by atoms with Gasteiger partial charge in [0.05, 0.1) is 6.61 Å². The number of rotatable bonds is 7. The van der Waals surface area contributed by atoms with Gasteiger partial charge in [-0.05, 0) is 50.6 Å². The molecule has 28 heavy (non-hydrogen) atoms. The van der Waals surface area contributed by atoms with Crippen LogP contribution in [0.4, 0.5) is 0 Å². The van der Waals surface area contributed by atoms with Gasteiger partial charge in [-0.25, -0.2) is 4.79 Å². The minimum Gasteiger partial charge on any atom is -0.485 e. The third-order valence-electron chi connectivity index (χ3n) is 4.21. The summed E-state index contributed by atoms with van der Waals surface area (Å²) in [7, 11) is 0. The Balaban J connectivity index is 1.68. The first-order valence-electron chi connectivity index (χ1n) is 8.83. The summed E-state index contributed by atoms with van der Waals surface area (Å²) in [6.07, 6.45) is 0. The number of benzene rings is 1. The molecular weight excluding hydrogens is 362 g/mol. The van der Waals surface area contributed by atoms with E-state index in [9.17, 15) is 9.59 Å². The molecule has 0 saturated carbocycles. The van der Waals surface area contributed by atoms with Crippen LogP contribution in [0.25, 0.3) is 11.4 Å². The van der Waals surface area contributed by atoms with E-state index in [4.69, 9.17) is 14.0 Å². The van der Waals surface area contributed by atoms with Gasteiger partial charge in [0, 0.05) is 23.7 Å². The second-order valence-corrected chi connectivity index (χ2v) is 6.22. The van der Waals surface area contributed by atoms with Gasteiger partial charge < -0.3 is 19.0 Å². The number of hydrogen-bond donors (Lipinski definition) is 1. The van der Waals surface area contributed by atoms with Crippen molar-refractivity contribution in [1.29, 1.82) is 0 Å². The van der Waals surface area contributed by atoms with Crippen LogP contribution in [0, 0.1) is 20.8 Å². The van der Waals surface area contributed by atoms with Crippen LogP contribution in [-0.4, -0.2) is 40.1 Å². The predicted octanol–water partition coefficient (Wildman–Crippen LogP) is 3.43. The summed E-state index contributed by atoms with van der Waals surface area (Å²) in [6.45, 7) is 7.02. The van der Waals surface area contributed by atoms with Crippen LogP contribution in [0.1, 0.15) is 44.9 Å². The maximum absolute atomic E-state index is 12.6. The molecule has 2 heterocycles. The lowest BCUT2D eigenvalue weighted by atomic mass is 10.1. The van der Waals surface area contributed by atoms with E-state index in [-0.39, 0.29) is 19.0 Å². The number of aromatic amines is 1. The van der Waals surface area contributed by atoms with Crippen molar-refractivity contribution < 1.29 is 23.6 Å². The van der Waals surface area contributed by atoms with Crippen LogP contribution in [0.3, 0.4) is 0 Å². The van der Waals surface area contributed by atoms with Crippen LogP contribution in [-0.2, 0) is 4.74 Å². The molecule has 3 rings (SSSR count). The number of carbonyl (C=O) groups excluding carboxylic acids is 2. The van der Waals surface area contributed by atoms with Crippen molar-refractivity contribution in [3.05, 3.63) is 52.7 Å². The van der Waals surface area contributed by atoms with Gasteiger partial charge in [-0.3, -0.25) is 4.79 Å². The first kappa shape index (κ1) is 19.3. The highest BCUT2D eigenvalue weighted by Gasteiger charge is 2.23. The quantitative estimate of drug-likeness (QED) is 0.492. The lowest BCUT2D eigenvalue weighted by Gasteiger charge is -2.07. The van der Waals surface area contributed by atoms with Crippen LogP contribution in [0.5, 0.6) is 5.75 Å². The second-order valence-electron chi connectivity index (χ2n) is 6.22. The first-order valence-corrected chi connectivity index (χ1v) is 8.83. The Bertz CT molecular complexity index is 1000. The predicted molar refractivity (Wildman–Crippen MR) is 101 cm³/mol. The smallest absolute Gasteiger partial charge is 0.355 e. The molecule has 8 heteroatoms. The number of nitrogens with zero attached hydrogens (tertiary/aromatic N) is 2. The molecule has 146 valence electrons. The molecule has 8 nitrogen and oxygen atoms in total. The summed E-state index contributed by atoms with van der Waals surface area (Å²) >= 11 is 0. The number of H-pyrrole nitrogens is 1. The summed E-state index contributed by atoms with van der Waals surface area (Å²) in [4.78, 5) is 31.7. The zero-order chi connectivity index (χ0) is 20.3. The molecule has 0 aliphatic heterocycles. The third-order valence-corrected chi connectivity index (χ3v) is 4.21. The van der Waals surface area contributed by atoms with Crippen molar-refractivity contribution in [1.82, 2.24) is 15.1 Å². The Hall–Kier alpha value is -3.42. The molecule has 1 aromatic carbocycles. The third kappa shape index (κ3) is 3.95. The molecule has 2 aromatic heterocycles. The number of aromatic nitrogens is 3. The molecular formula is C20H21N3O5. The summed E-state index contributed by atoms with van der Waals surface area (Å²) in [5.74, 6) is 0.814. The number of nitrogens with one attached hydrogen (secondary N) is 1. The number of Topliss-reactive ketones (excluding diaryl/α,β-unsaturated/α-hetero) is 1. The lowest BCUT2D eigenvalue weighted by molar-refractivity contribution is 0.0519. The molecule has 3 aromatic rings. The maximum Gasteiger partial charge on any atom is 0.355 e. The van der Waals surface area contributed by atoms with Gasteiger partial charge in [-0.15, -0.1) is 0 Å². The fourth-order valence-electron chi connectivity index (χ4n) is 2.91. The fraction of sp³-hybridized carbons (Fsp3) is 0.300. The number of aryl methyl sites for hydroxylation is 2. The fourth-order valence-corrected chi connectivity index (χ4v) is 2.91. The van der Waals surface area contributed by atoms with Crippen molar-refractivity contribution in [2.75, 3.05) is 13.2 Å². The largest absolute Gasteiger partial charge is 0.485 e. The van der Waals surface area contributed by atoms with Crippen molar-refractivity contribution in [3.8, 4) is 17.1 Å². The van der Waals surface area contributed by atoms with Crippen molar-refractivity contribution >= 4 is 11.8 Å². The summed E-state index contributed by atoms with van der Waals surface area (Å²) in [5, 5.41) is 3.86. The monoisotopic (exact) mass is 383 g/mol. The molecule has 0 fully saturated rings. The van der Waals surface area contributed by atoms with E-state index in [0.717, 1.165) is 5.56 Å². The number of hydrogen-bond acceptors (Lipinski definition) is 7. The van der Waals surface area contributed by atoms with Gasteiger partial charge in [-0.1, -0.05) is 5.16 Å². The van der Waals surface area contributed by atoms with E-state index in [1.54, 1.807) is 52.0 Å². The molecule has 0 atom stereocenters. The Kier molecular flexibility index (Phi) is 5.58. The Morgan fingerprint density at radius 2 is 1.86 bits per heavy atom. The number of ketones is 1. The molecule has 0 spiro atoms. The SMILES string of the molecule is CCOC(=O)c1[nH]c(C)c(C(=O)COc2ccc(-c3noc(C)n3)cc2)c1C. The van der Waals surface area contributed by atoms with Crippen LogP contribution in [0.2, 0.25) is 0 Å². The van der Waals surface area contributed by atoms with Crippen LogP contribution >= 0.6 is 0 Å². The molecule has 1 N–H and O–H groups in total. The minimum absolute atomic E-state index is 0.150. The van der Waals surface area contributed by atoms with Gasteiger partial charge in [-0.2, -0.15) is 4.98 Å². The molecule has 0 saturated heterocycles. The molecule has 0 amide bonds. The highest BCUT2D eigenvalue weighted by Crippen LogP contribution is 2.22. The Morgan fingerprint density at radius 3 is 2.46 bits per heavy atom. The van der Waals surface area contributed by atoms with Gasteiger partial charge in [0.25, 0.3) is 0 Å².